The third kappa shape index (κ3) is 5.44. The number of amides is 2. The van der Waals surface area contributed by atoms with Gasteiger partial charge in [-0.05, 0) is 44.1 Å². The normalized spacial score (nSPS) is 13.5. The van der Waals surface area contributed by atoms with Gasteiger partial charge in [-0.2, -0.15) is 0 Å². The van der Waals surface area contributed by atoms with Gasteiger partial charge in [-0.25, -0.2) is 14.4 Å². The van der Waals surface area contributed by atoms with Crippen molar-refractivity contribution in [3.05, 3.63) is 52.7 Å². The molecule has 0 bridgehead atoms. The third-order valence-corrected chi connectivity index (χ3v) is 5.70. The van der Waals surface area contributed by atoms with E-state index in [9.17, 15) is 14.0 Å². The highest BCUT2D eigenvalue weighted by Crippen LogP contribution is 2.29. The molecule has 0 N–H and O–H groups in total. The van der Waals surface area contributed by atoms with Crippen LogP contribution in [0.5, 0.6) is 0 Å². The average Bonchev–Trinajstić information content (AvgIpc) is 2.75. The Bertz CT molecular complexity index is 944. The van der Waals surface area contributed by atoms with Gasteiger partial charge in [0.2, 0.25) is 11.8 Å². The molecule has 7 nitrogen and oxygen atoms in total. The van der Waals surface area contributed by atoms with Crippen molar-refractivity contribution in [2.24, 2.45) is 0 Å². The van der Waals surface area contributed by atoms with Gasteiger partial charge in [0.05, 0.1) is 19.6 Å². The molecular weight excluding hydrogens is 397 g/mol. The smallest absolute Gasteiger partial charge is 0.236 e. The number of benzene rings is 1. The standard InChI is InChI=1S/C23H30FN5O2/c1-5-28(6-2)15-22(31)27(4)14-20-25-16(3)19-11-12-21(30)29(23(19)26-20)13-17-7-9-18(24)10-8-17/h7-10H,5-6,11-15H2,1-4H3. The van der Waals surface area contributed by atoms with Crippen LogP contribution in [0.25, 0.3) is 0 Å². The number of hydrogen-bond donors (Lipinski definition) is 0. The number of nitrogens with zero attached hydrogens (tertiary/aromatic N) is 5. The predicted octanol–water partition coefficient (Wildman–Crippen LogP) is 2.70. The summed E-state index contributed by atoms with van der Waals surface area (Å²) >= 11 is 0. The van der Waals surface area contributed by atoms with E-state index in [0.29, 0.717) is 37.6 Å². The molecule has 0 fully saturated rings. The van der Waals surface area contributed by atoms with Gasteiger partial charge in [0, 0.05) is 24.7 Å². The van der Waals surface area contributed by atoms with E-state index in [1.165, 1.54) is 12.1 Å². The number of halogens is 1. The van der Waals surface area contributed by atoms with Crippen LogP contribution in [-0.4, -0.2) is 58.3 Å². The molecule has 31 heavy (non-hydrogen) atoms. The number of aryl methyl sites for hydroxylation is 1. The maximum Gasteiger partial charge on any atom is 0.236 e. The number of likely N-dealkylation sites (N-methyl/N-ethyl adjacent to an activating group) is 2. The van der Waals surface area contributed by atoms with Crippen molar-refractivity contribution in [1.29, 1.82) is 0 Å². The lowest BCUT2D eigenvalue weighted by Crippen LogP contribution is -2.39. The van der Waals surface area contributed by atoms with Crippen LogP contribution < -0.4 is 4.90 Å². The van der Waals surface area contributed by atoms with Crippen molar-refractivity contribution >= 4 is 17.6 Å². The molecule has 2 heterocycles. The summed E-state index contributed by atoms with van der Waals surface area (Å²) in [6.45, 7) is 8.52. The van der Waals surface area contributed by atoms with Crippen LogP contribution in [0.1, 0.15) is 42.9 Å². The first kappa shape index (κ1) is 22.8. The van der Waals surface area contributed by atoms with Gasteiger partial charge in [-0.15, -0.1) is 0 Å². The van der Waals surface area contributed by atoms with Crippen molar-refractivity contribution in [2.75, 3.05) is 31.6 Å². The second kappa shape index (κ2) is 9.96. The molecule has 1 aliphatic heterocycles. The maximum atomic E-state index is 13.3. The Morgan fingerprint density at radius 2 is 1.81 bits per heavy atom. The Morgan fingerprint density at radius 3 is 2.45 bits per heavy atom. The molecule has 1 aromatic carbocycles. The SMILES string of the molecule is CCN(CC)CC(=O)N(C)Cc1nc(C)c2c(n1)N(Cc1ccc(F)cc1)C(=O)CC2. The summed E-state index contributed by atoms with van der Waals surface area (Å²) in [5.74, 6) is 0.763. The van der Waals surface area contributed by atoms with E-state index >= 15 is 0 Å². The van der Waals surface area contributed by atoms with Gasteiger partial charge in [0.1, 0.15) is 17.5 Å². The molecular formula is C23H30FN5O2. The van der Waals surface area contributed by atoms with Crippen molar-refractivity contribution in [3.63, 3.8) is 0 Å². The number of aromatic nitrogens is 2. The van der Waals surface area contributed by atoms with Crippen LogP contribution in [0.3, 0.4) is 0 Å². The minimum Gasteiger partial charge on any atom is -0.337 e. The number of carbonyl (C=O) groups excluding carboxylic acids is 2. The molecule has 166 valence electrons. The molecule has 0 aliphatic carbocycles. The highest BCUT2D eigenvalue weighted by atomic mass is 19.1. The second-order valence-corrected chi connectivity index (χ2v) is 7.84. The van der Waals surface area contributed by atoms with Crippen molar-refractivity contribution in [2.45, 2.75) is 46.7 Å². The van der Waals surface area contributed by atoms with Crippen LogP contribution in [0.4, 0.5) is 10.2 Å². The summed E-state index contributed by atoms with van der Waals surface area (Å²) in [7, 11) is 1.74. The highest BCUT2D eigenvalue weighted by molar-refractivity contribution is 5.95. The molecule has 0 unspecified atom stereocenters. The first-order valence-corrected chi connectivity index (χ1v) is 10.7. The zero-order chi connectivity index (χ0) is 22.5. The van der Waals surface area contributed by atoms with E-state index in [4.69, 9.17) is 0 Å². The van der Waals surface area contributed by atoms with Gasteiger partial charge >= 0.3 is 0 Å². The molecule has 1 aliphatic rings. The predicted molar refractivity (Wildman–Crippen MR) is 117 cm³/mol. The van der Waals surface area contributed by atoms with Crippen molar-refractivity contribution < 1.29 is 14.0 Å². The minimum atomic E-state index is -0.313. The lowest BCUT2D eigenvalue weighted by atomic mass is 10.0. The summed E-state index contributed by atoms with van der Waals surface area (Å²) in [5, 5.41) is 0. The van der Waals surface area contributed by atoms with E-state index in [2.05, 4.69) is 14.9 Å². The minimum absolute atomic E-state index is 0.00178. The van der Waals surface area contributed by atoms with Gasteiger partial charge in [-0.3, -0.25) is 19.4 Å². The van der Waals surface area contributed by atoms with Crippen LogP contribution in [-0.2, 0) is 29.1 Å². The Morgan fingerprint density at radius 1 is 1.13 bits per heavy atom. The Balaban J connectivity index is 1.83. The Kier molecular flexibility index (Phi) is 7.33. The zero-order valence-corrected chi connectivity index (χ0v) is 18.7. The summed E-state index contributed by atoms with van der Waals surface area (Å²) in [5.41, 5.74) is 2.59. The molecule has 2 aromatic rings. The van der Waals surface area contributed by atoms with Crippen molar-refractivity contribution in [3.8, 4) is 0 Å². The number of anilines is 1. The lowest BCUT2D eigenvalue weighted by molar-refractivity contribution is -0.131. The van der Waals surface area contributed by atoms with Gasteiger partial charge < -0.3 is 4.90 Å². The molecule has 2 amide bonds. The van der Waals surface area contributed by atoms with Crippen LogP contribution in [0.15, 0.2) is 24.3 Å². The Labute approximate surface area is 182 Å². The fourth-order valence-corrected chi connectivity index (χ4v) is 3.70. The topological polar surface area (TPSA) is 69.6 Å². The molecule has 0 saturated carbocycles. The van der Waals surface area contributed by atoms with E-state index in [-0.39, 0.29) is 24.2 Å². The number of rotatable bonds is 8. The van der Waals surface area contributed by atoms with E-state index in [1.807, 2.05) is 20.8 Å². The third-order valence-electron chi connectivity index (χ3n) is 5.70. The molecule has 8 heteroatoms. The zero-order valence-electron chi connectivity index (χ0n) is 18.7. The number of hydrogen-bond acceptors (Lipinski definition) is 5. The lowest BCUT2D eigenvalue weighted by Gasteiger charge is -2.30. The van der Waals surface area contributed by atoms with Crippen LogP contribution in [0.2, 0.25) is 0 Å². The summed E-state index contributed by atoms with van der Waals surface area (Å²) in [6.07, 6.45) is 0.983. The molecule has 0 saturated heterocycles. The largest absolute Gasteiger partial charge is 0.337 e. The molecule has 3 rings (SSSR count). The molecule has 0 radical (unpaired) electrons. The van der Waals surface area contributed by atoms with Crippen molar-refractivity contribution in [1.82, 2.24) is 19.8 Å². The fourth-order valence-electron chi connectivity index (χ4n) is 3.70. The Hall–Kier alpha value is -2.87. The second-order valence-electron chi connectivity index (χ2n) is 7.84. The quantitative estimate of drug-likeness (QED) is 0.648. The summed E-state index contributed by atoms with van der Waals surface area (Å²) in [6, 6.07) is 6.12. The summed E-state index contributed by atoms with van der Waals surface area (Å²) in [4.78, 5) is 39.8. The van der Waals surface area contributed by atoms with E-state index < -0.39 is 0 Å². The molecule has 1 aromatic heterocycles. The van der Waals surface area contributed by atoms with Gasteiger partial charge in [-0.1, -0.05) is 26.0 Å². The van der Waals surface area contributed by atoms with E-state index in [1.54, 1.807) is 29.0 Å². The number of fused-ring (bicyclic) bond motifs is 1. The highest BCUT2D eigenvalue weighted by Gasteiger charge is 2.28. The maximum absolute atomic E-state index is 13.3. The van der Waals surface area contributed by atoms with Gasteiger partial charge in [0.15, 0.2) is 0 Å². The van der Waals surface area contributed by atoms with Gasteiger partial charge in [0.25, 0.3) is 0 Å². The first-order chi connectivity index (χ1) is 14.8. The monoisotopic (exact) mass is 427 g/mol. The molecule has 0 atom stereocenters. The average molecular weight is 428 g/mol. The number of carbonyl (C=O) groups is 2. The summed E-state index contributed by atoms with van der Waals surface area (Å²) < 4.78 is 13.3. The van der Waals surface area contributed by atoms with Crippen LogP contribution in [0, 0.1) is 12.7 Å². The van der Waals surface area contributed by atoms with Crippen LogP contribution >= 0.6 is 0 Å². The fraction of sp³-hybridized carbons (Fsp3) is 0.478. The molecule has 0 spiro atoms. The van der Waals surface area contributed by atoms with E-state index in [0.717, 1.165) is 29.9 Å². The first-order valence-electron chi connectivity index (χ1n) is 10.7.